The lowest BCUT2D eigenvalue weighted by Crippen LogP contribution is -2.41. The Kier molecular flexibility index (Phi) is 3.56. The van der Waals surface area contributed by atoms with Crippen molar-refractivity contribution in [3.8, 4) is 17.2 Å². The number of carbonyl (C=O) groups is 2. The number of ether oxygens (including phenoxy) is 3. The average molecular weight is 380 g/mol. The van der Waals surface area contributed by atoms with E-state index >= 15 is 0 Å². The number of likely N-dealkylation sites (N-methyl/N-ethyl adjacent to an activating group) is 1. The number of rotatable bonds is 2. The van der Waals surface area contributed by atoms with Crippen molar-refractivity contribution < 1.29 is 23.8 Å². The molecule has 1 unspecified atom stereocenters. The van der Waals surface area contributed by atoms with E-state index in [1.807, 2.05) is 24.3 Å². The van der Waals surface area contributed by atoms with E-state index in [4.69, 9.17) is 14.2 Å². The molecule has 28 heavy (non-hydrogen) atoms. The molecular weight excluding hydrogens is 360 g/mol. The van der Waals surface area contributed by atoms with E-state index in [1.54, 1.807) is 24.9 Å². The number of hydrogen-bond donors (Lipinski definition) is 1. The standard InChI is InChI=1S/C21H20N2O5/c1-3-18(24)22-13-5-4-6-14-19(13)21(20(25)23(14)2)11-28-15-10-17-16(9-12(15)21)26-7-8-27-17/h4-6,9-10H,3,7-8,11H2,1-2H3,(H,22,24). The van der Waals surface area contributed by atoms with Gasteiger partial charge in [0, 0.05) is 36.3 Å². The van der Waals surface area contributed by atoms with E-state index in [0.717, 1.165) is 16.8 Å². The second kappa shape index (κ2) is 5.89. The van der Waals surface area contributed by atoms with Crippen LogP contribution in [0.1, 0.15) is 24.5 Å². The number of nitrogens with zero attached hydrogens (tertiary/aromatic N) is 1. The molecule has 3 heterocycles. The second-order valence-corrected chi connectivity index (χ2v) is 7.15. The molecule has 1 spiro atoms. The number of carbonyl (C=O) groups excluding carboxylic acids is 2. The molecule has 0 fully saturated rings. The van der Waals surface area contributed by atoms with Gasteiger partial charge in [-0.2, -0.15) is 0 Å². The van der Waals surface area contributed by atoms with Crippen LogP contribution in [0.25, 0.3) is 0 Å². The SMILES string of the molecule is CCC(=O)Nc1cccc2c1C1(COc3cc4c(cc31)OCCO4)C(=O)N2C. The van der Waals surface area contributed by atoms with Gasteiger partial charge < -0.3 is 24.4 Å². The highest BCUT2D eigenvalue weighted by molar-refractivity contribution is 6.13. The van der Waals surface area contributed by atoms with Crippen LogP contribution >= 0.6 is 0 Å². The molecule has 3 aliphatic heterocycles. The largest absolute Gasteiger partial charge is 0.491 e. The van der Waals surface area contributed by atoms with Crippen molar-refractivity contribution >= 4 is 23.2 Å². The van der Waals surface area contributed by atoms with E-state index in [0.29, 0.717) is 42.6 Å². The summed E-state index contributed by atoms with van der Waals surface area (Å²) in [5.41, 5.74) is 1.89. The van der Waals surface area contributed by atoms with Gasteiger partial charge in [-0.3, -0.25) is 9.59 Å². The average Bonchev–Trinajstić information content (AvgIpc) is 3.19. The predicted octanol–water partition coefficient (Wildman–Crippen LogP) is 2.46. The molecule has 2 amide bonds. The number of benzene rings is 2. The topological polar surface area (TPSA) is 77.1 Å². The molecule has 1 N–H and O–H groups in total. The summed E-state index contributed by atoms with van der Waals surface area (Å²) < 4.78 is 17.4. The molecule has 0 aromatic heterocycles. The molecule has 0 saturated carbocycles. The van der Waals surface area contributed by atoms with Crippen LogP contribution in [0.2, 0.25) is 0 Å². The maximum absolute atomic E-state index is 13.5. The molecule has 7 heteroatoms. The summed E-state index contributed by atoms with van der Waals surface area (Å²) in [6.45, 7) is 2.90. The smallest absolute Gasteiger partial charge is 0.245 e. The Bertz CT molecular complexity index is 1020. The molecule has 3 aliphatic rings. The third-order valence-corrected chi connectivity index (χ3v) is 5.64. The molecule has 144 valence electrons. The van der Waals surface area contributed by atoms with Crippen LogP contribution in [-0.4, -0.2) is 38.7 Å². The molecule has 5 rings (SSSR count). The van der Waals surface area contributed by atoms with Gasteiger partial charge >= 0.3 is 0 Å². The molecule has 2 aromatic rings. The van der Waals surface area contributed by atoms with Crippen LogP contribution in [0.5, 0.6) is 17.2 Å². The Morgan fingerprint density at radius 3 is 2.64 bits per heavy atom. The normalized spacial score (nSPS) is 21.4. The summed E-state index contributed by atoms with van der Waals surface area (Å²) in [7, 11) is 1.75. The molecule has 0 aliphatic carbocycles. The maximum atomic E-state index is 13.5. The van der Waals surface area contributed by atoms with Crippen LogP contribution in [0.3, 0.4) is 0 Å². The van der Waals surface area contributed by atoms with E-state index in [1.165, 1.54) is 0 Å². The second-order valence-electron chi connectivity index (χ2n) is 7.15. The first-order chi connectivity index (χ1) is 13.6. The van der Waals surface area contributed by atoms with Crippen molar-refractivity contribution in [1.82, 2.24) is 0 Å². The quantitative estimate of drug-likeness (QED) is 0.866. The van der Waals surface area contributed by atoms with Crippen LogP contribution in [0, 0.1) is 0 Å². The van der Waals surface area contributed by atoms with Gasteiger partial charge in [0.25, 0.3) is 0 Å². The van der Waals surface area contributed by atoms with Crippen LogP contribution in [-0.2, 0) is 15.0 Å². The molecule has 7 nitrogen and oxygen atoms in total. The van der Waals surface area contributed by atoms with Gasteiger partial charge in [-0.25, -0.2) is 0 Å². The monoisotopic (exact) mass is 380 g/mol. The summed E-state index contributed by atoms with van der Waals surface area (Å²) in [6, 6.07) is 9.19. The van der Waals surface area contributed by atoms with Crippen molar-refractivity contribution in [2.75, 3.05) is 37.1 Å². The first-order valence-electron chi connectivity index (χ1n) is 9.34. The Labute approximate surface area is 162 Å². The first kappa shape index (κ1) is 16.9. The molecule has 2 aromatic carbocycles. The third kappa shape index (κ3) is 2.10. The highest BCUT2D eigenvalue weighted by Crippen LogP contribution is 2.56. The predicted molar refractivity (Wildman–Crippen MR) is 102 cm³/mol. The van der Waals surface area contributed by atoms with E-state index in [2.05, 4.69) is 5.32 Å². The Balaban J connectivity index is 1.74. The molecule has 0 radical (unpaired) electrons. The summed E-state index contributed by atoms with van der Waals surface area (Å²) in [5.74, 6) is 1.64. The number of anilines is 2. The lowest BCUT2D eigenvalue weighted by atomic mass is 9.76. The van der Waals surface area contributed by atoms with E-state index in [9.17, 15) is 9.59 Å². The minimum atomic E-state index is -1.02. The van der Waals surface area contributed by atoms with Crippen molar-refractivity contribution in [2.45, 2.75) is 18.8 Å². The van der Waals surface area contributed by atoms with Crippen LogP contribution in [0.15, 0.2) is 30.3 Å². The van der Waals surface area contributed by atoms with Gasteiger partial charge in [0.1, 0.15) is 31.0 Å². The summed E-state index contributed by atoms with van der Waals surface area (Å²) in [6.07, 6.45) is 0.353. The zero-order valence-corrected chi connectivity index (χ0v) is 15.7. The van der Waals surface area contributed by atoms with Crippen molar-refractivity contribution in [2.24, 2.45) is 0 Å². The number of nitrogens with one attached hydrogen (secondary N) is 1. The third-order valence-electron chi connectivity index (χ3n) is 5.64. The number of hydrogen-bond acceptors (Lipinski definition) is 5. The van der Waals surface area contributed by atoms with Crippen molar-refractivity contribution in [3.05, 3.63) is 41.5 Å². The zero-order chi connectivity index (χ0) is 19.5. The van der Waals surface area contributed by atoms with E-state index in [-0.39, 0.29) is 18.4 Å². The number of amides is 2. The van der Waals surface area contributed by atoms with Crippen LogP contribution in [0.4, 0.5) is 11.4 Å². The molecular formula is C21H20N2O5. The Morgan fingerprint density at radius 1 is 1.14 bits per heavy atom. The van der Waals surface area contributed by atoms with Gasteiger partial charge in [0.05, 0.1) is 5.69 Å². The molecule has 1 atom stereocenters. The Morgan fingerprint density at radius 2 is 1.89 bits per heavy atom. The lowest BCUT2D eigenvalue weighted by Gasteiger charge is -2.25. The van der Waals surface area contributed by atoms with Gasteiger partial charge in [-0.1, -0.05) is 13.0 Å². The van der Waals surface area contributed by atoms with Gasteiger partial charge in [-0.05, 0) is 18.2 Å². The highest BCUT2D eigenvalue weighted by atomic mass is 16.6. The fraction of sp³-hybridized carbons (Fsp3) is 0.333. The fourth-order valence-corrected chi connectivity index (χ4v) is 4.28. The summed E-state index contributed by atoms with van der Waals surface area (Å²) >= 11 is 0. The first-order valence-corrected chi connectivity index (χ1v) is 9.34. The van der Waals surface area contributed by atoms with E-state index < -0.39 is 5.41 Å². The van der Waals surface area contributed by atoms with Crippen molar-refractivity contribution in [3.63, 3.8) is 0 Å². The lowest BCUT2D eigenvalue weighted by molar-refractivity contribution is -0.122. The molecule has 0 saturated heterocycles. The highest BCUT2D eigenvalue weighted by Gasteiger charge is 2.57. The fourth-order valence-electron chi connectivity index (χ4n) is 4.28. The summed E-state index contributed by atoms with van der Waals surface area (Å²) in [4.78, 5) is 27.2. The molecule has 0 bridgehead atoms. The Hall–Kier alpha value is -3.22. The minimum absolute atomic E-state index is 0.0869. The van der Waals surface area contributed by atoms with Gasteiger partial charge in [0.15, 0.2) is 11.5 Å². The van der Waals surface area contributed by atoms with Crippen LogP contribution < -0.4 is 24.4 Å². The van der Waals surface area contributed by atoms with Gasteiger partial charge in [-0.15, -0.1) is 0 Å². The zero-order valence-electron chi connectivity index (χ0n) is 15.7. The number of fused-ring (bicyclic) bond motifs is 5. The maximum Gasteiger partial charge on any atom is 0.245 e. The van der Waals surface area contributed by atoms with Crippen molar-refractivity contribution in [1.29, 1.82) is 0 Å². The minimum Gasteiger partial charge on any atom is -0.491 e. The summed E-state index contributed by atoms with van der Waals surface area (Å²) in [5, 5.41) is 2.95. The van der Waals surface area contributed by atoms with Gasteiger partial charge in [0.2, 0.25) is 11.8 Å².